The Morgan fingerprint density at radius 2 is 0.891 bits per heavy atom. The van der Waals surface area contributed by atoms with Crippen molar-refractivity contribution in [3.63, 3.8) is 0 Å². The maximum atomic E-state index is 9.46. The van der Waals surface area contributed by atoms with E-state index in [1.165, 1.54) is 20.2 Å². The van der Waals surface area contributed by atoms with Gasteiger partial charge in [0.1, 0.15) is 5.82 Å². The summed E-state index contributed by atoms with van der Waals surface area (Å²) < 4.78 is 45.1. The molecule has 0 spiro atoms. The van der Waals surface area contributed by atoms with Gasteiger partial charge in [0.25, 0.3) is 0 Å². The van der Waals surface area contributed by atoms with E-state index in [0.29, 0.717) is 33.3 Å². The zero-order valence-electron chi connectivity index (χ0n) is 38.0. The Bertz CT molecular complexity index is 4360. The SMILES string of the molecule is [2H]c1c([2H])c([2H])c2c(c1[2H])c1ccccc1n2-c1nc(-c2c(-c3cccc4sc5ccccc5c34)cccc2-n2c3ccccc3c3ccccc32)cc(-n2c3ccccc3c3ccccc32)n1. The smallest absolute Gasteiger partial charge is 0.237 e. The van der Waals surface area contributed by atoms with Crippen molar-refractivity contribution in [2.24, 2.45) is 0 Å². The Kier molecular flexibility index (Phi) is 6.69. The van der Waals surface area contributed by atoms with E-state index in [2.05, 4.69) is 161 Å². The van der Waals surface area contributed by atoms with Crippen LogP contribution in [0.4, 0.5) is 0 Å². The molecule has 0 amide bonds. The van der Waals surface area contributed by atoms with E-state index in [0.717, 1.165) is 66.0 Å². The highest BCUT2D eigenvalue weighted by atomic mass is 32.1. The minimum Gasteiger partial charge on any atom is -0.309 e. The van der Waals surface area contributed by atoms with Gasteiger partial charge < -0.3 is 4.57 Å². The van der Waals surface area contributed by atoms with Gasteiger partial charge in [0.15, 0.2) is 0 Å². The average molecular weight is 838 g/mol. The molecule has 0 aliphatic heterocycles. The summed E-state index contributed by atoms with van der Waals surface area (Å²) in [4.78, 5) is 11.2. The first-order valence-corrected chi connectivity index (χ1v) is 22.2. The summed E-state index contributed by atoms with van der Waals surface area (Å²) in [5, 5.41) is 7.90. The summed E-state index contributed by atoms with van der Waals surface area (Å²) in [6, 6.07) is 64.4. The largest absolute Gasteiger partial charge is 0.309 e. The van der Waals surface area contributed by atoms with Crippen LogP contribution in [0.5, 0.6) is 0 Å². The fraction of sp³-hybridized carbons (Fsp3) is 0. The lowest BCUT2D eigenvalue weighted by Crippen LogP contribution is -2.09. The monoisotopic (exact) mass is 837 g/mol. The maximum Gasteiger partial charge on any atom is 0.237 e. The number of hydrogen-bond donors (Lipinski definition) is 0. The van der Waals surface area contributed by atoms with Crippen LogP contribution in [0.15, 0.2) is 212 Å². The van der Waals surface area contributed by atoms with E-state index < -0.39 is 0 Å². The first-order valence-electron chi connectivity index (χ1n) is 23.3. The predicted octanol–water partition coefficient (Wildman–Crippen LogP) is 15.5. The summed E-state index contributed by atoms with van der Waals surface area (Å²) in [5.41, 5.74) is 9.55. The van der Waals surface area contributed by atoms with Gasteiger partial charge in [-0.2, -0.15) is 4.98 Å². The molecular formula is C58H35N5S. The van der Waals surface area contributed by atoms with Crippen LogP contribution in [0.3, 0.4) is 0 Å². The molecule has 14 aromatic rings. The van der Waals surface area contributed by atoms with Gasteiger partial charge in [-0.15, -0.1) is 11.3 Å². The number of para-hydroxylation sites is 6. The Morgan fingerprint density at radius 1 is 0.391 bits per heavy atom. The standard InChI is InChI=1S/C58H35N5S/c1-8-26-46-36(17-1)37-18-2-9-27-47(37)61(46)52-32-15-24-43(42-25-16-34-54-56(42)44-23-7-14-33-53(44)64-54)57(52)45-35-55(62-48-28-10-3-19-38(48)39-20-4-11-29-49(39)62)60-58(59-45)63-50-30-12-5-21-40(50)41-22-6-13-31-51(41)63/h1-35H/i5D,12D,21D,30D. The van der Waals surface area contributed by atoms with Gasteiger partial charge >= 0.3 is 0 Å². The van der Waals surface area contributed by atoms with Crippen molar-refractivity contribution in [1.29, 1.82) is 0 Å². The zero-order valence-corrected chi connectivity index (χ0v) is 34.9. The van der Waals surface area contributed by atoms with Gasteiger partial charge in [0.05, 0.1) is 50.0 Å². The van der Waals surface area contributed by atoms with Gasteiger partial charge in [0, 0.05) is 64.1 Å². The molecule has 0 saturated heterocycles. The van der Waals surface area contributed by atoms with Crippen LogP contribution in [0.25, 0.3) is 125 Å². The molecule has 0 bridgehead atoms. The number of thiophene rings is 1. The second-order valence-corrected chi connectivity index (χ2v) is 17.3. The van der Waals surface area contributed by atoms with Gasteiger partial charge in [-0.05, 0) is 65.7 Å². The molecule has 14 rings (SSSR count). The van der Waals surface area contributed by atoms with Crippen LogP contribution in [0, 0.1) is 0 Å². The third-order valence-electron chi connectivity index (χ3n) is 12.8. The number of aromatic nitrogens is 5. The van der Waals surface area contributed by atoms with Crippen molar-refractivity contribution in [2.75, 3.05) is 0 Å². The molecule has 5 nitrogen and oxygen atoms in total. The van der Waals surface area contributed by atoms with E-state index >= 15 is 0 Å². The lowest BCUT2D eigenvalue weighted by atomic mass is 9.92. The van der Waals surface area contributed by atoms with Crippen LogP contribution < -0.4 is 0 Å². The Hall–Kier alpha value is -8.32. The minimum absolute atomic E-state index is 0.107. The van der Waals surface area contributed by atoms with E-state index in [-0.39, 0.29) is 30.1 Å². The zero-order chi connectivity index (χ0) is 45.4. The lowest BCUT2D eigenvalue weighted by Gasteiger charge is -2.20. The fourth-order valence-corrected chi connectivity index (χ4v) is 11.3. The second kappa shape index (κ2) is 13.6. The van der Waals surface area contributed by atoms with E-state index in [9.17, 15) is 2.74 Å². The molecule has 6 heteroatoms. The molecule has 0 saturated carbocycles. The molecular weight excluding hydrogens is 799 g/mol. The first-order chi connectivity index (χ1) is 33.4. The highest BCUT2D eigenvalue weighted by Crippen LogP contribution is 2.46. The molecule has 9 aromatic carbocycles. The van der Waals surface area contributed by atoms with Crippen molar-refractivity contribution >= 4 is 96.9 Å². The first kappa shape index (κ1) is 31.5. The molecule has 0 aliphatic carbocycles. The number of rotatable bonds is 5. The highest BCUT2D eigenvalue weighted by molar-refractivity contribution is 7.25. The van der Waals surface area contributed by atoms with Gasteiger partial charge in [-0.1, -0.05) is 152 Å². The van der Waals surface area contributed by atoms with Crippen molar-refractivity contribution < 1.29 is 5.48 Å². The van der Waals surface area contributed by atoms with Crippen LogP contribution in [-0.2, 0) is 0 Å². The number of hydrogen-bond acceptors (Lipinski definition) is 3. The Balaban J connectivity index is 1.19. The molecule has 298 valence electrons. The van der Waals surface area contributed by atoms with Crippen LogP contribution in [0.1, 0.15) is 5.48 Å². The van der Waals surface area contributed by atoms with E-state index in [1.54, 1.807) is 11.3 Å². The fourth-order valence-electron chi connectivity index (χ4n) is 10.2. The number of nitrogens with zero attached hydrogens (tertiary/aromatic N) is 5. The normalized spacial score (nSPS) is 12.9. The molecule has 5 heterocycles. The Labute approximate surface area is 376 Å². The number of benzene rings is 9. The third-order valence-corrected chi connectivity index (χ3v) is 14.0. The minimum atomic E-state index is -0.319. The molecule has 0 N–H and O–H groups in total. The van der Waals surface area contributed by atoms with Crippen molar-refractivity contribution in [3.05, 3.63) is 212 Å². The average Bonchev–Trinajstić information content (AvgIpc) is 4.14. The quantitative estimate of drug-likeness (QED) is 0.173. The van der Waals surface area contributed by atoms with Gasteiger partial charge in [-0.3, -0.25) is 9.13 Å². The highest BCUT2D eigenvalue weighted by Gasteiger charge is 2.25. The third kappa shape index (κ3) is 5.00. The van der Waals surface area contributed by atoms with Crippen molar-refractivity contribution in [1.82, 2.24) is 23.7 Å². The molecule has 0 unspecified atom stereocenters. The van der Waals surface area contributed by atoms with Gasteiger partial charge in [-0.25, -0.2) is 4.98 Å². The summed E-state index contributed by atoms with van der Waals surface area (Å²) in [6.07, 6.45) is 0. The summed E-state index contributed by atoms with van der Waals surface area (Å²) in [5.74, 6) is 0.883. The van der Waals surface area contributed by atoms with Gasteiger partial charge in [0.2, 0.25) is 5.95 Å². The number of fused-ring (bicyclic) bond motifs is 12. The van der Waals surface area contributed by atoms with Crippen LogP contribution >= 0.6 is 11.3 Å². The molecule has 0 aliphatic rings. The summed E-state index contributed by atoms with van der Waals surface area (Å²) in [7, 11) is 0. The second-order valence-electron chi connectivity index (χ2n) is 16.2. The summed E-state index contributed by atoms with van der Waals surface area (Å²) >= 11 is 1.79. The van der Waals surface area contributed by atoms with Crippen LogP contribution in [-0.4, -0.2) is 23.7 Å². The Morgan fingerprint density at radius 3 is 1.55 bits per heavy atom. The van der Waals surface area contributed by atoms with E-state index in [4.69, 9.17) is 12.7 Å². The van der Waals surface area contributed by atoms with E-state index in [1.807, 2.05) is 41.0 Å². The molecule has 64 heavy (non-hydrogen) atoms. The van der Waals surface area contributed by atoms with Crippen LogP contribution in [0.2, 0.25) is 0 Å². The molecule has 0 radical (unpaired) electrons. The predicted molar refractivity (Wildman–Crippen MR) is 269 cm³/mol. The molecule has 0 fully saturated rings. The maximum absolute atomic E-state index is 9.46. The lowest BCUT2D eigenvalue weighted by molar-refractivity contribution is 0.951. The molecule has 5 aromatic heterocycles. The molecule has 0 atom stereocenters. The summed E-state index contributed by atoms with van der Waals surface area (Å²) in [6.45, 7) is 0. The van der Waals surface area contributed by atoms with Crippen molar-refractivity contribution in [2.45, 2.75) is 0 Å². The van der Waals surface area contributed by atoms with Crippen molar-refractivity contribution in [3.8, 4) is 39.8 Å². The topological polar surface area (TPSA) is 40.6 Å².